The Morgan fingerprint density at radius 1 is 1.31 bits per heavy atom. The third-order valence-corrected chi connectivity index (χ3v) is 5.07. The fraction of sp³-hybridized carbons (Fsp3) is 0.375. The van der Waals surface area contributed by atoms with E-state index in [0.717, 1.165) is 0 Å². The molecule has 1 aromatic carbocycles. The van der Waals surface area contributed by atoms with Gasteiger partial charge in [0.15, 0.2) is 5.82 Å². The molecule has 8 nitrogen and oxygen atoms in total. The Bertz CT molecular complexity index is 852. The highest BCUT2D eigenvalue weighted by molar-refractivity contribution is 7.89. The highest BCUT2D eigenvalue weighted by Crippen LogP contribution is 2.25. The molecular formula is C16H23ClN4O4S. The van der Waals surface area contributed by atoms with Crippen molar-refractivity contribution in [3.8, 4) is 5.75 Å². The molecule has 0 fully saturated rings. The predicted molar refractivity (Wildman–Crippen MR) is 102 cm³/mol. The Morgan fingerprint density at radius 2 is 2.04 bits per heavy atom. The Labute approximate surface area is 159 Å². The number of hydrogen-bond donors (Lipinski definition) is 2. The summed E-state index contributed by atoms with van der Waals surface area (Å²) >= 11 is 0. The standard InChI is InChI=1S/C16H22N4O4S.ClH/c1-11(17-2)9-15-19-16(24-20-15)8-6-12-5-7-13(23-4)14(10-12)25(21,22)18-3;/h5-8,10-11,17-18H,9H2,1-4H3;1H/b8-6+;. The zero-order chi connectivity index (χ0) is 18.4. The number of aromatic nitrogens is 2. The van der Waals surface area contributed by atoms with E-state index in [0.29, 0.717) is 23.7 Å². The molecule has 144 valence electrons. The van der Waals surface area contributed by atoms with Gasteiger partial charge in [0.2, 0.25) is 10.0 Å². The molecule has 1 aromatic heterocycles. The van der Waals surface area contributed by atoms with Crippen molar-refractivity contribution in [1.82, 2.24) is 20.2 Å². The highest BCUT2D eigenvalue weighted by atomic mass is 35.5. The number of ether oxygens (including phenoxy) is 1. The lowest BCUT2D eigenvalue weighted by Crippen LogP contribution is -2.24. The van der Waals surface area contributed by atoms with Crippen LogP contribution in [0.4, 0.5) is 0 Å². The largest absolute Gasteiger partial charge is 0.495 e. The normalized spacial score (nSPS) is 12.8. The fourth-order valence-electron chi connectivity index (χ4n) is 2.08. The molecule has 0 saturated carbocycles. The number of nitrogens with one attached hydrogen (secondary N) is 2. The van der Waals surface area contributed by atoms with Crippen LogP contribution in [0, 0.1) is 0 Å². The molecule has 0 aliphatic heterocycles. The first-order chi connectivity index (χ1) is 11.9. The Hall–Kier alpha value is -1.94. The first kappa shape index (κ1) is 22.1. The number of nitrogens with zero attached hydrogens (tertiary/aromatic N) is 2. The minimum absolute atomic E-state index is 0. The van der Waals surface area contributed by atoms with Crippen molar-refractivity contribution >= 4 is 34.6 Å². The molecule has 0 spiro atoms. The van der Waals surface area contributed by atoms with E-state index < -0.39 is 10.0 Å². The molecule has 10 heteroatoms. The lowest BCUT2D eigenvalue weighted by atomic mass is 10.2. The van der Waals surface area contributed by atoms with Gasteiger partial charge in [-0.15, -0.1) is 12.4 Å². The smallest absolute Gasteiger partial charge is 0.250 e. The Kier molecular flexibility index (Phi) is 8.22. The topological polar surface area (TPSA) is 106 Å². The van der Waals surface area contributed by atoms with Crippen LogP contribution >= 0.6 is 12.4 Å². The number of hydrogen-bond acceptors (Lipinski definition) is 7. The number of likely N-dealkylation sites (N-methyl/N-ethyl adjacent to an activating group) is 1. The zero-order valence-electron chi connectivity index (χ0n) is 15.0. The molecule has 1 atom stereocenters. The summed E-state index contributed by atoms with van der Waals surface area (Å²) in [6.45, 7) is 2.02. The molecular weight excluding hydrogens is 380 g/mol. The number of rotatable bonds is 8. The second-order valence-electron chi connectivity index (χ2n) is 5.39. The number of methoxy groups -OCH3 is 1. The molecule has 26 heavy (non-hydrogen) atoms. The van der Waals surface area contributed by atoms with E-state index in [1.807, 2.05) is 14.0 Å². The van der Waals surface area contributed by atoms with Gasteiger partial charge in [-0.05, 0) is 44.8 Å². The molecule has 0 amide bonds. The molecule has 0 aliphatic carbocycles. The van der Waals surface area contributed by atoms with Gasteiger partial charge in [0.25, 0.3) is 5.89 Å². The molecule has 0 saturated heterocycles. The van der Waals surface area contributed by atoms with Crippen molar-refractivity contribution in [3.63, 3.8) is 0 Å². The van der Waals surface area contributed by atoms with E-state index in [1.54, 1.807) is 24.3 Å². The summed E-state index contributed by atoms with van der Waals surface area (Å²) in [4.78, 5) is 4.34. The molecule has 0 radical (unpaired) electrons. The molecule has 2 aromatic rings. The summed E-state index contributed by atoms with van der Waals surface area (Å²) in [5, 5.41) is 7.01. The second kappa shape index (κ2) is 9.67. The lowest BCUT2D eigenvalue weighted by Gasteiger charge is -2.09. The maximum absolute atomic E-state index is 12.1. The molecule has 1 unspecified atom stereocenters. The first-order valence-corrected chi connectivity index (χ1v) is 9.17. The van der Waals surface area contributed by atoms with E-state index in [1.165, 1.54) is 20.2 Å². The van der Waals surface area contributed by atoms with Crippen LogP contribution < -0.4 is 14.8 Å². The minimum atomic E-state index is -3.63. The average molecular weight is 403 g/mol. The van der Waals surface area contributed by atoms with Crippen molar-refractivity contribution in [1.29, 1.82) is 0 Å². The van der Waals surface area contributed by atoms with Crippen molar-refractivity contribution < 1.29 is 17.7 Å². The summed E-state index contributed by atoms with van der Waals surface area (Å²) in [5.74, 6) is 1.23. The zero-order valence-corrected chi connectivity index (χ0v) is 16.6. The van der Waals surface area contributed by atoms with Crippen LogP contribution in [0.1, 0.15) is 24.2 Å². The predicted octanol–water partition coefficient (Wildman–Crippen LogP) is 1.73. The van der Waals surface area contributed by atoms with Crippen molar-refractivity contribution in [2.45, 2.75) is 24.3 Å². The minimum Gasteiger partial charge on any atom is -0.495 e. The van der Waals surface area contributed by atoms with Gasteiger partial charge in [-0.3, -0.25) is 0 Å². The summed E-state index contributed by atoms with van der Waals surface area (Å²) in [6.07, 6.45) is 3.99. The summed E-state index contributed by atoms with van der Waals surface area (Å²) in [7, 11) is 1.01. The van der Waals surface area contributed by atoms with Crippen LogP contribution in [-0.4, -0.2) is 45.8 Å². The van der Waals surface area contributed by atoms with Crippen molar-refractivity contribution in [3.05, 3.63) is 35.5 Å². The van der Waals surface area contributed by atoms with E-state index >= 15 is 0 Å². The maximum Gasteiger partial charge on any atom is 0.250 e. The average Bonchev–Trinajstić information content (AvgIpc) is 3.06. The number of sulfonamides is 1. The van der Waals surface area contributed by atoms with E-state index in [9.17, 15) is 8.42 Å². The van der Waals surface area contributed by atoms with Gasteiger partial charge in [-0.25, -0.2) is 13.1 Å². The number of benzene rings is 1. The lowest BCUT2D eigenvalue weighted by molar-refractivity contribution is 0.400. The van der Waals surface area contributed by atoms with E-state index in [2.05, 4.69) is 20.2 Å². The van der Waals surface area contributed by atoms with Gasteiger partial charge in [0, 0.05) is 18.5 Å². The van der Waals surface area contributed by atoms with Gasteiger partial charge in [-0.1, -0.05) is 11.2 Å². The number of halogens is 1. The molecule has 0 bridgehead atoms. The van der Waals surface area contributed by atoms with Gasteiger partial charge in [0.05, 0.1) is 7.11 Å². The summed E-state index contributed by atoms with van der Waals surface area (Å²) in [6, 6.07) is 5.09. The second-order valence-corrected chi connectivity index (χ2v) is 7.25. The van der Waals surface area contributed by atoms with E-state index in [-0.39, 0.29) is 29.1 Å². The van der Waals surface area contributed by atoms with Crippen molar-refractivity contribution in [2.75, 3.05) is 21.2 Å². The van der Waals surface area contributed by atoms with Crippen LogP contribution in [0.15, 0.2) is 27.6 Å². The Morgan fingerprint density at radius 3 is 2.65 bits per heavy atom. The highest BCUT2D eigenvalue weighted by Gasteiger charge is 2.17. The van der Waals surface area contributed by atoms with Crippen LogP contribution in [0.25, 0.3) is 12.2 Å². The monoisotopic (exact) mass is 402 g/mol. The summed E-state index contributed by atoms with van der Waals surface area (Å²) in [5.41, 5.74) is 0.665. The van der Waals surface area contributed by atoms with Gasteiger partial charge in [-0.2, -0.15) is 4.98 Å². The molecule has 2 N–H and O–H groups in total. The molecule has 2 rings (SSSR count). The van der Waals surface area contributed by atoms with Gasteiger partial charge >= 0.3 is 0 Å². The van der Waals surface area contributed by atoms with Crippen LogP contribution in [-0.2, 0) is 16.4 Å². The van der Waals surface area contributed by atoms with E-state index in [4.69, 9.17) is 9.26 Å². The first-order valence-electron chi connectivity index (χ1n) is 7.69. The van der Waals surface area contributed by atoms with Crippen molar-refractivity contribution in [2.24, 2.45) is 0 Å². The Balaban J connectivity index is 0.00000338. The summed E-state index contributed by atoms with van der Waals surface area (Å²) < 4.78 is 36.7. The quantitative estimate of drug-likeness (QED) is 0.692. The van der Waals surface area contributed by atoms with Gasteiger partial charge in [0.1, 0.15) is 10.6 Å². The molecule has 1 heterocycles. The SMILES string of the molecule is CNC(C)Cc1noc(/C=C/c2ccc(OC)c(S(=O)(=O)NC)c2)n1.Cl. The maximum atomic E-state index is 12.1. The fourth-order valence-corrected chi connectivity index (χ4v) is 3.01. The van der Waals surface area contributed by atoms with Crippen LogP contribution in [0.2, 0.25) is 0 Å². The third-order valence-electron chi connectivity index (χ3n) is 3.63. The van der Waals surface area contributed by atoms with Gasteiger partial charge < -0.3 is 14.6 Å². The third kappa shape index (κ3) is 5.53. The van der Waals surface area contributed by atoms with Crippen LogP contribution in [0.3, 0.4) is 0 Å². The van der Waals surface area contributed by atoms with Crippen LogP contribution in [0.5, 0.6) is 5.75 Å². The molecule has 0 aliphatic rings.